The van der Waals surface area contributed by atoms with Gasteiger partial charge in [-0.05, 0) is 44.9 Å². The number of rotatable bonds is 6. The van der Waals surface area contributed by atoms with Gasteiger partial charge in [-0.3, -0.25) is 0 Å². The van der Waals surface area contributed by atoms with Crippen molar-refractivity contribution in [1.82, 2.24) is 0 Å². The SMILES string of the molecule is COC1CCC2(CO2)C(C(C)C(C)CC=C(C)C)C1OC. The van der Waals surface area contributed by atoms with E-state index in [0.29, 0.717) is 17.8 Å². The molecule has 0 bridgehead atoms. The minimum Gasteiger partial charge on any atom is -0.379 e. The molecule has 0 aromatic heterocycles. The molecule has 0 N–H and O–H groups in total. The van der Waals surface area contributed by atoms with E-state index in [9.17, 15) is 0 Å². The molecule has 1 saturated heterocycles. The predicted molar refractivity (Wildman–Crippen MR) is 85.4 cm³/mol. The molecule has 3 nitrogen and oxygen atoms in total. The van der Waals surface area contributed by atoms with E-state index < -0.39 is 0 Å². The molecule has 122 valence electrons. The normalized spacial score (nSPS) is 38.1. The number of allylic oxidation sites excluding steroid dienone is 2. The van der Waals surface area contributed by atoms with E-state index in [-0.39, 0.29) is 17.8 Å². The van der Waals surface area contributed by atoms with Crippen molar-refractivity contribution in [2.75, 3.05) is 20.8 Å². The fourth-order valence-corrected chi connectivity index (χ4v) is 4.00. The van der Waals surface area contributed by atoms with Crippen LogP contribution in [0.3, 0.4) is 0 Å². The van der Waals surface area contributed by atoms with E-state index in [1.54, 1.807) is 7.11 Å². The number of methoxy groups -OCH3 is 2. The molecule has 0 radical (unpaired) electrons. The van der Waals surface area contributed by atoms with Crippen molar-refractivity contribution in [3.8, 4) is 0 Å². The van der Waals surface area contributed by atoms with Gasteiger partial charge >= 0.3 is 0 Å². The predicted octanol–water partition coefficient (Wildman–Crippen LogP) is 3.82. The third-order valence-electron chi connectivity index (χ3n) is 5.63. The van der Waals surface area contributed by atoms with Gasteiger partial charge in [0.1, 0.15) is 0 Å². The van der Waals surface area contributed by atoms with Crippen LogP contribution >= 0.6 is 0 Å². The Hall–Kier alpha value is -0.380. The fourth-order valence-electron chi connectivity index (χ4n) is 4.00. The van der Waals surface area contributed by atoms with Crippen molar-refractivity contribution in [2.24, 2.45) is 17.8 Å². The van der Waals surface area contributed by atoms with Gasteiger partial charge in [0.2, 0.25) is 0 Å². The summed E-state index contributed by atoms with van der Waals surface area (Å²) in [5.41, 5.74) is 1.46. The zero-order valence-electron chi connectivity index (χ0n) is 14.5. The third-order valence-corrected chi connectivity index (χ3v) is 5.63. The molecule has 21 heavy (non-hydrogen) atoms. The fraction of sp³-hybridized carbons (Fsp3) is 0.889. The summed E-state index contributed by atoms with van der Waals surface area (Å²) in [5, 5.41) is 0. The van der Waals surface area contributed by atoms with Crippen molar-refractivity contribution in [1.29, 1.82) is 0 Å². The van der Waals surface area contributed by atoms with Crippen LogP contribution in [0.2, 0.25) is 0 Å². The van der Waals surface area contributed by atoms with Crippen molar-refractivity contribution < 1.29 is 14.2 Å². The topological polar surface area (TPSA) is 31.0 Å². The minimum atomic E-state index is 0.0638. The Morgan fingerprint density at radius 3 is 2.43 bits per heavy atom. The van der Waals surface area contributed by atoms with Gasteiger partial charge < -0.3 is 14.2 Å². The van der Waals surface area contributed by atoms with Crippen molar-refractivity contribution in [3.05, 3.63) is 11.6 Å². The van der Waals surface area contributed by atoms with Crippen LogP contribution < -0.4 is 0 Å². The molecular formula is C18H32O3. The van der Waals surface area contributed by atoms with E-state index in [4.69, 9.17) is 14.2 Å². The van der Waals surface area contributed by atoms with Gasteiger partial charge in [-0.2, -0.15) is 0 Å². The molecule has 3 heteroatoms. The largest absolute Gasteiger partial charge is 0.379 e. The van der Waals surface area contributed by atoms with E-state index in [1.165, 1.54) is 5.57 Å². The lowest BCUT2D eigenvalue weighted by atomic mass is 9.66. The summed E-state index contributed by atoms with van der Waals surface area (Å²) in [4.78, 5) is 0. The van der Waals surface area contributed by atoms with E-state index in [0.717, 1.165) is 25.9 Å². The lowest BCUT2D eigenvalue weighted by Crippen LogP contribution is -2.52. The molecule has 0 aromatic rings. The molecule has 2 rings (SSSR count). The Balaban J connectivity index is 2.14. The second-order valence-corrected chi connectivity index (χ2v) is 7.25. The van der Waals surface area contributed by atoms with Crippen molar-refractivity contribution in [3.63, 3.8) is 0 Å². The highest BCUT2D eigenvalue weighted by atomic mass is 16.6. The van der Waals surface area contributed by atoms with Crippen LogP contribution in [0.1, 0.15) is 47.0 Å². The quantitative estimate of drug-likeness (QED) is 0.551. The summed E-state index contributed by atoms with van der Waals surface area (Å²) >= 11 is 0. The van der Waals surface area contributed by atoms with Gasteiger partial charge in [-0.15, -0.1) is 0 Å². The van der Waals surface area contributed by atoms with Gasteiger partial charge in [0.25, 0.3) is 0 Å². The van der Waals surface area contributed by atoms with Gasteiger partial charge in [-0.1, -0.05) is 25.5 Å². The Bertz CT molecular complexity index is 369. The molecule has 6 unspecified atom stereocenters. The Kier molecular flexibility index (Phi) is 5.50. The highest BCUT2D eigenvalue weighted by Gasteiger charge is 2.60. The van der Waals surface area contributed by atoms with Gasteiger partial charge in [0, 0.05) is 20.1 Å². The summed E-state index contributed by atoms with van der Waals surface area (Å²) in [6, 6.07) is 0. The van der Waals surface area contributed by atoms with E-state index in [2.05, 4.69) is 33.8 Å². The number of hydrogen-bond acceptors (Lipinski definition) is 3. The van der Waals surface area contributed by atoms with Crippen LogP contribution in [-0.4, -0.2) is 38.6 Å². The molecule has 1 saturated carbocycles. The first-order chi connectivity index (χ1) is 9.95. The van der Waals surface area contributed by atoms with Gasteiger partial charge in [0.05, 0.1) is 24.4 Å². The molecule has 1 spiro atoms. The van der Waals surface area contributed by atoms with E-state index >= 15 is 0 Å². The smallest absolute Gasteiger partial charge is 0.0973 e. The molecule has 1 heterocycles. The van der Waals surface area contributed by atoms with Crippen LogP contribution in [0.5, 0.6) is 0 Å². The van der Waals surface area contributed by atoms with Crippen LogP contribution in [0, 0.1) is 17.8 Å². The molecule has 0 amide bonds. The van der Waals surface area contributed by atoms with Crippen molar-refractivity contribution in [2.45, 2.75) is 64.8 Å². The number of ether oxygens (including phenoxy) is 3. The van der Waals surface area contributed by atoms with Crippen LogP contribution in [0.25, 0.3) is 0 Å². The van der Waals surface area contributed by atoms with Crippen LogP contribution in [0.4, 0.5) is 0 Å². The standard InChI is InChI=1S/C18H32O3/c1-12(2)7-8-13(3)14(4)16-17(20-6)15(19-5)9-10-18(16)11-21-18/h7,13-17H,8-11H2,1-6H3. The molecule has 1 aliphatic carbocycles. The minimum absolute atomic E-state index is 0.0638. The first kappa shape index (κ1) is 17.0. The molecule has 0 aromatic carbocycles. The maximum Gasteiger partial charge on any atom is 0.0973 e. The molecule has 6 atom stereocenters. The van der Waals surface area contributed by atoms with Gasteiger partial charge in [0.15, 0.2) is 0 Å². The van der Waals surface area contributed by atoms with Crippen molar-refractivity contribution >= 4 is 0 Å². The summed E-state index contributed by atoms with van der Waals surface area (Å²) in [7, 11) is 3.62. The summed E-state index contributed by atoms with van der Waals surface area (Å²) < 4.78 is 17.5. The lowest BCUT2D eigenvalue weighted by Gasteiger charge is -2.44. The van der Waals surface area contributed by atoms with E-state index in [1.807, 2.05) is 7.11 Å². The second kappa shape index (κ2) is 6.80. The zero-order chi connectivity index (χ0) is 15.6. The Morgan fingerprint density at radius 1 is 1.29 bits per heavy atom. The summed E-state index contributed by atoms with van der Waals surface area (Å²) in [6.45, 7) is 9.95. The average Bonchev–Trinajstić information content (AvgIpc) is 3.23. The second-order valence-electron chi connectivity index (χ2n) is 7.25. The Morgan fingerprint density at radius 2 is 1.95 bits per heavy atom. The molecule has 2 fully saturated rings. The van der Waals surface area contributed by atoms with Crippen LogP contribution in [-0.2, 0) is 14.2 Å². The van der Waals surface area contributed by atoms with Crippen LogP contribution in [0.15, 0.2) is 11.6 Å². The molecule has 1 aliphatic heterocycles. The number of hydrogen-bond donors (Lipinski definition) is 0. The maximum absolute atomic E-state index is 5.92. The lowest BCUT2D eigenvalue weighted by molar-refractivity contribution is -0.129. The Labute approximate surface area is 130 Å². The maximum atomic E-state index is 5.92. The first-order valence-corrected chi connectivity index (χ1v) is 8.28. The number of epoxide rings is 1. The first-order valence-electron chi connectivity index (χ1n) is 8.28. The highest BCUT2D eigenvalue weighted by Crippen LogP contribution is 2.52. The zero-order valence-corrected chi connectivity index (χ0v) is 14.5. The van der Waals surface area contributed by atoms with Gasteiger partial charge in [-0.25, -0.2) is 0 Å². The highest BCUT2D eigenvalue weighted by molar-refractivity contribution is 5.09. The monoisotopic (exact) mass is 296 g/mol. The molecular weight excluding hydrogens is 264 g/mol. The summed E-state index contributed by atoms with van der Waals surface area (Å²) in [5.74, 6) is 1.62. The summed E-state index contributed by atoms with van der Waals surface area (Å²) in [6.07, 6.45) is 5.98. The molecule has 2 aliphatic rings. The average molecular weight is 296 g/mol. The third kappa shape index (κ3) is 3.52.